The number of fused-ring (bicyclic) bond motifs is 1. The van der Waals surface area contributed by atoms with Crippen molar-refractivity contribution in [2.45, 2.75) is 6.42 Å². The monoisotopic (exact) mass is 318 g/mol. The summed E-state index contributed by atoms with van der Waals surface area (Å²) in [6, 6.07) is 7.41. The maximum Gasteiger partial charge on any atom is 0.257 e. The fraction of sp³-hybridized carbons (Fsp3) is 0.143. The number of hydrogen-bond donors (Lipinski definition) is 1. The number of pyridine rings is 1. The molecule has 0 saturated heterocycles. The first kappa shape index (κ1) is 12.2. The van der Waals surface area contributed by atoms with Crippen LogP contribution >= 0.6 is 15.9 Å². The minimum absolute atomic E-state index is 0.173. The molecule has 0 unspecified atom stereocenters. The lowest BCUT2D eigenvalue weighted by molar-refractivity contribution is 0.102. The Hall–Kier alpha value is -1.88. The second-order valence-corrected chi connectivity index (χ2v) is 5.18. The second kappa shape index (κ2) is 5.01. The van der Waals surface area contributed by atoms with Crippen LogP contribution in [-0.2, 0) is 6.42 Å². The van der Waals surface area contributed by atoms with Crippen LogP contribution in [0.1, 0.15) is 15.9 Å². The van der Waals surface area contributed by atoms with E-state index in [9.17, 15) is 4.79 Å². The summed E-state index contributed by atoms with van der Waals surface area (Å²) in [5, 5.41) is 2.86. The number of anilines is 1. The number of nitrogens with one attached hydrogen (secondary N) is 1. The van der Waals surface area contributed by atoms with Gasteiger partial charge in [0.2, 0.25) is 0 Å². The number of amides is 1. The van der Waals surface area contributed by atoms with Crippen LogP contribution in [0.3, 0.4) is 0 Å². The van der Waals surface area contributed by atoms with E-state index >= 15 is 0 Å². The molecule has 0 fully saturated rings. The Morgan fingerprint density at radius 3 is 3.05 bits per heavy atom. The minimum Gasteiger partial charge on any atom is -0.493 e. The summed E-state index contributed by atoms with van der Waals surface area (Å²) in [6.45, 7) is 0.711. The van der Waals surface area contributed by atoms with E-state index in [1.54, 1.807) is 12.3 Å². The molecule has 2 heterocycles. The van der Waals surface area contributed by atoms with Crippen LogP contribution in [0.4, 0.5) is 5.69 Å². The van der Waals surface area contributed by atoms with E-state index in [1.165, 1.54) is 6.20 Å². The van der Waals surface area contributed by atoms with Crippen molar-refractivity contribution < 1.29 is 9.53 Å². The predicted molar refractivity (Wildman–Crippen MR) is 75.5 cm³/mol. The molecule has 19 heavy (non-hydrogen) atoms. The smallest absolute Gasteiger partial charge is 0.257 e. The molecule has 1 aliphatic rings. The van der Waals surface area contributed by atoms with Crippen molar-refractivity contribution in [1.82, 2.24) is 4.98 Å². The maximum absolute atomic E-state index is 12.1. The van der Waals surface area contributed by atoms with Gasteiger partial charge in [0.15, 0.2) is 0 Å². The molecule has 0 bridgehead atoms. The molecule has 3 rings (SSSR count). The third kappa shape index (κ3) is 2.61. The van der Waals surface area contributed by atoms with Gasteiger partial charge in [0, 0.05) is 29.0 Å². The van der Waals surface area contributed by atoms with E-state index in [-0.39, 0.29) is 5.91 Å². The number of nitrogens with zero attached hydrogens (tertiary/aromatic N) is 1. The van der Waals surface area contributed by atoms with Gasteiger partial charge in [0.25, 0.3) is 5.91 Å². The summed E-state index contributed by atoms with van der Waals surface area (Å²) >= 11 is 3.30. The standard InChI is InChI=1S/C14H11BrN2O2/c15-11-5-10(7-16-8-11)14(18)17-12-1-2-13-9(6-12)3-4-19-13/h1-2,5-8H,3-4H2,(H,17,18). The molecular weight excluding hydrogens is 308 g/mol. The van der Waals surface area contributed by atoms with E-state index in [2.05, 4.69) is 26.2 Å². The summed E-state index contributed by atoms with van der Waals surface area (Å²) in [5.41, 5.74) is 2.42. The molecule has 0 spiro atoms. The quantitative estimate of drug-likeness (QED) is 0.926. The first-order valence-corrected chi connectivity index (χ1v) is 6.69. The zero-order valence-electron chi connectivity index (χ0n) is 10.0. The fourth-order valence-corrected chi connectivity index (χ4v) is 2.37. The van der Waals surface area contributed by atoms with Gasteiger partial charge < -0.3 is 10.1 Å². The molecule has 5 heteroatoms. The lowest BCUT2D eigenvalue weighted by Gasteiger charge is -2.07. The highest BCUT2D eigenvalue weighted by Crippen LogP contribution is 2.28. The van der Waals surface area contributed by atoms with Crippen LogP contribution in [0.2, 0.25) is 0 Å². The molecule has 1 amide bonds. The van der Waals surface area contributed by atoms with Crippen LogP contribution < -0.4 is 10.1 Å². The highest BCUT2D eigenvalue weighted by atomic mass is 79.9. The molecule has 1 aromatic carbocycles. The van der Waals surface area contributed by atoms with Gasteiger partial charge >= 0.3 is 0 Å². The average molecular weight is 319 g/mol. The Kier molecular flexibility index (Phi) is 3.21. The number of hydrogen-bond acceptors (Lipinski definition) is 3. The Balaban J connectivity index is 1.80. The van der Waals surface area contributed by atoms with E-state index in [4.69, 9.17) is 4.74 Å². The maximum atomic E-state index is 12.1. The number of ether oxygens (including phenoxy) is 1. The molecule has 0 radical (unpaired) electrons. The Labute approximate surface area is 118 Å². The van der Waals surface area contributed by atoms with E-state index in [0.717, 1.165) is 27.9 Å². The van der Waals surface area contributed by atoms with Crippen LogP contribution in [-0.4, -0.2) is 17.5 Å². The SMILES string of the molecule is O=C(Nc1ccc2c(c1)CCO2)c1cncc(Br)c1. The summed E-state index contributed by atoms with van der Waals surface area (Å²) in [5.74, 6) is 0.731. The molecule has 0 saturated carbocycles. The Morgan fingerprint density at radius 1 is 1.32 bits per heavy atom. The van der Waals surface area contributed by atoms with Gasteiger partial charge in [-0.05, 0) is 45.8 Å². The summed E-state index contributed by atoms with van der Waals surface area (Å²) in [4.78, 5) is 16.0. The van der Waals surface area contributed by atoms with Crippen molar-refractivity contribution in [1.29, 1.82) is 0 Å². The van der Waals surface area contributed by atoms with E-state index < -0.39 is 0 Å². The van der Waals surface area contributed by atoms with Crippen molar-refractivity contribution in [2.75, 3.05) is 11.9 Å². The van der Waals surface area contributed by atoms with Gasteiger partial charge in [0.1, 0.15) is 5.75 Å². The number of benzene rings is 1. The zero-order valence-corrected chi connectivity index (χ0v) is 11.6. The highest BCUT2D eigenvalue weighted by molar-refractivity contribution is 9.10. The van der Waals surface area contributed by atoms with Crippen molar-refractivity contribution in [3.05, 3.63) is 52.3 Å². The third-order valence-electron chi connectivity index (χ3n) is 2.91. The van der Waals surface area contributed by atoms with Crippen LogP contribution in [0.25, 0.3) is 0 Å². The van der Waals surface area contributed by atoms with Crippen molar-refractivity contribution >= 4 is 27.5 Å². The first-order chi connectivity index (χ1) is 9.22. The highest BCUT2D eigenvalue weighted by Gasteiger charge is 2.13. The average Bonchev–Trinajstić information content (AvgIpc) is 2.86. The number of aromatic nitrogens is 1. The zero-order chi connectivity index (χ0) is 13.2. The molecule has 0 atom stereocenters. The molecular formula is C14H11BrN2O2. The number of carbonyl (C=O) groups excluding carboxylic acids is 1. The van der Waals surface area contributed by atoms with E-state index in [0.29, 0.717) is 12.2 Å². The fourth-order valence-electron chi connectivity index (χ4n) is 2.00. The van der Waals surface area contributed by atoms with Crippen molar-refractivity contribution in [3.8, 4) is 5.75 Å². The van der Waals surface area contributed by atoms with Crippen LogP contribution in [0.15, 0.2) is 41.1 Å². The second-order valence-electron chi connectivity index (χ2n) is 4.27. The number of carbonyl (C=O) groups is 1. The van der Waals surface area contributed by atoms with Gasteiger partial charge in [0.05, 0.1) is 12.2 Å². The molecule has 4 nitrogen and oxygen atoms in total. The molecule has 1 N–H and O–H groups in total. The normalized spacial score (nSPS) is 12.7. The lowest BCUT2D eigenvalue weighted by Crippen LogP contribution is -2.12. The lowest BCUT2D eigenvalue weighted by atomic mass is 10.1. The number of rotatable bonds is 2. The van der Waals surface area contributed by atoms with Gasteiger partial charge in [-0.25, -0.2) is 0 Å². The Bertz CT molecular complexity index is 643. The number of halogens is 1. The molecule has 0 aliphatic carbocycles. The largest absolute Gasteiger partial charge is 0.493 e. The van der Waals surface area contributed by atoms with Gasteiger partial charge in [-0.15, -0.1) is 0 Å². The van der Waals surface area contributed by atoms with Gasteiger partial charge in [-0.3, -0.25) is 9.78 Å². The van der Waals surface area contributed by atoms with Crippen LogP contribution in [0, 0.1) is 0 Å². The van der Waals surface area contributed by atoms with E-state index in [1.807, 2.05) is 18.2 Å². The molecule has 1 aromatic heterocycles. The first-order valence-electron chi connectivity index (χ1n) is 5.90. The summed E-state index contributed by atoms with van der Waals surface area (Å²) in [7, 11) is 0. The van der Waals surface area contributed by atoms with Crippen molar-refractivity contribution in [3.63, 3.8) is 0 Å². The van der Waals surface area contributed by atoms with Gasteiger partial charge in [-0.2, -0.15) is 0 Å². The third-order valence-corrected chi connectivity index (χ3v) is 3.35. The van der Waals surface area contributed by atoms with Crippen LogP contribution in [0.5, 0.6) is 5.75 Å². The summed E-state index contributed by atoms with van der Waals surface area (Å²) in [6.07, 6.45) is 4.07. The molecule has 2 aromatic rings. The van der Waals surface area contributed by atoms with Crippen molar-refractivity contribution in [2.24, 2.45) is 0 Å². The molecule has 1 aliphatic heterocycles. The molecule has 96 valence electrons. The Morgan fingerprint density at radius 2 is 2.21 bits per heavy atom. The van der Waals surface area contributed by atoms with Gasteiger partial charge in [-0.1, -0.05) is 0 Å². The summed E-state index contributed by atoms with van der Waals surface area (Å²) < 4.78 is 6.21. The topological polar surface area (TPSA) is 51.2 Å². The predicted octanol–water partition coefficient (Wildman–Crippen LogP) is 3.03. The minimum atomic E-state index is -0.173.